The van der Waals surface area contributed by atoms with Crippen LogP contribution in [0.4, 0.5) is 0 Å². The molecule has 182 valence electrons. The number of methoxy groups -OCH3 is 1. The van der Waals surface area contributed by atoms with Crippen LogP contribution >= 0.6 is 23.1 Å². The van der Waals surface area contributed by atoms with E-state index >= 15 is 0 Å². The van der Waals surface area contributed by atoms with Crippen LogP contribution in [-0.2, 0) is 0 Å². The Morgan fingerprint density at radius 3 is 2.53 bits per heavy atom. The Morgan fingerprint density at radius 1 is 0.944 bits per heavy atom. The Kier molecular flexibility index (Phi) is 7.11. The second-order valence-electron chi connectivity index (χ2n) is 8.37. The van der Waals surface area contributed by atoms with Crippen molar-refractivity contribution >= 4 is 33.3 Å². The molecule has 2 aromatic heterocycles. The van der Waals surface area contributed by atoms with Crippen LogP contribution in [0.3, 0.4) is 0 Å². The zero-order valence-electron chi connectivity index (χ0n) is 20.4. The maximum Gasteiger partial charge on any atom is 0.268 e. The molecule has 0 saturated heterocycles. The summed E-state index contributed by atoms with van der Waals surface area (Å²) in [6.45, 7) is 4.66. The molecule has 0 N–H and O–H groups in total. The first-order valence-electron chi connectivity index (χ1n) is 11.6. The van der Waals surface area contributed by atoms with Gasteiger partial charge in [-0.25, -0.2) is 4.98 Å². The van der Waals surface area contributed by atoms with E-state index in [0.29, 0.717) is 22.9 Å². The van der Waals surface area contributed by atoms with E-state index in [1.165, 1.54) is 34.2 Å². The van der Waals surface area contributed by atoms with Crippen molar-refractivity contribution in [3.05, 3.63) is 99.7 Å². The van der Waals surface area contributed by atoms with Gasteiger partial charge in [-0.05, 0) is 54.8 Å². The van der Waals surface area contributed by atoms with Crippen LogP contribution in [0.25, 0.3) is 27.0 Å². The van der Waals surface area contributed by atoms with Gasteiger partial charge in [0.2, 0.25) is 0 Å². The summed E-state index contributed by atoms with van der Waals surface area (Å²) in [5, 5.41) is 3.35. The largest absolute Gasteiger partial charge is 0.497 e. The summed E-state index contributed by atoms with van der Waals surface area (Å²) in [4.78, 5) is 19.6. The number of aromatic nitrogens is 2. The topological polar surface area (TPSA) is 53.4 Å². The summed E-state index contributed by atoms with van der Waals surface area (Å²) in [5.41, 5.74) is 5.13. The van der Waals surface area contributed by atoms with Gasteiger partial charge in [0.1, 0.15) is 16.3 Å². The molecular weight excluding hydrogens is 488 g/mol. The molecule has 0 spiro atoms. The standard InChI is InChI=1S/C29H26N2O3S2/c1-19-12-13-21(16-20(19)2)25-18-36-27-26(25)28(32)31(22-8-5-4-6-9-22)29(30-27)35-15-14-34-24-11-7-10-23(17-24)33-3/h4-13,16-18H,14-15H2,1-3H3. The lowest BCUT2D eigenvalue weighted by molar-refractivity contribution is 0.339. The van der Waals surface area contributed by atoms with Crippen LogP contribution in [0.2, 0.25) is 0 Å². The second-order valence-corrected chi connectivity index (χ2v) is 10.3. The summed E-state index contributed by atoms with van der Waals surface area (Å²) in [6, 6.07) is 23.5. The monoisotopic (exact) mass is 514 g/mol. The number of hydrogen-bond donors (Lipinski definition) is 0. The lowest BCUT2D eigenvalue weighted by atomic mass is 10.0. The van der Waals surface area contributed by atoms with Crippen molar-refractivity contribution in [3.63, 3.8) is 0 Å². The van der Waals surface area contributed by atoms with E-state index in [2.05, 4.69) is 32.0 Å². The summed E-state index contributed by atoms with van der Waals surface area (Å²) in [7, 11) is 1.63. The molecule has 7 heteroatoms. The van der Waals surface area contributed by atoms with Gasteiger partial charge in [-0.15, -0.1) is 11.3 Å². The van der Waals surface area contributed by atoms with Crippen molar-refractivity contribution < 1.29 is 9.47 Å². The van der Waals surface area contributed by atoms with Crippen molar-refractivity contribution in [2.45, 2.75) is 19.0 Å². The molecule has 0 amide bonds. The fourth-order valence-electron chi connectivity index (χ4n) is 3.98. The van der Waals surface area contributed by atoms with Crippen molar-refractivity contribution in [2.24, 2.45) is 0 Å². The third-order valence-corrected chi connectivity index (χ3v) is 7.81. The molecule has 0 radical (unpaired) electrons. The number of aryl methyl sites for hydroxylation is 2. The Morgan fingerprint density at radius 2 is 1.75 bits per heavy atom. The zero-order valence-corrected chi connectivity index (χ0v) is 22.0. The van der Waals surface area contributed by atoms with Gasteiger partial charge >= 0.3 is 0 Å². The van der Waals surface area contributed by atoms with E-state index in [4.69, 9.17) is 14.5 Å². The van der Waals surface area contributed by atoms with Crippen molar-refractivity contribution in [1.82, 2.24) is 9.55 Å². The van der Waals surface area contributed by atoms with Crippen LogP contribution in [-0.4, -0.2) is 29.0 Å². The van der Waals surface area contributed by atoms with E-state index in [0.717, 1.165) is 33.1 Å². The first kappa shape index (κ1) is 24.2. The average molecular weight is 515 g/mol. The fraction of sp³-hybridized carbons (Fsp3) is 0.172. The van der Waals surface area contributed by atoms with Crippen LogP contribution in [0.5, 0.6) is 11.5 Å². The number of fused-ring (bicyclic) bond motifs is 1. The fourth-order valence-corrected chi connectivity index (χ4v) is 5.80. The smallest absolute Gasteiger partial charge is 0.268 e. The van der Waals surface area contributed by atoms with Crippen LogP contribution in [0.1, 0.15) is 11.1 Å². The normalized spacial score (nSPS) is 11.1. The Labute approximate surface area is 218 Å². The lowest BCUT2D eigenvalue weighted by Crippen LogP contribution is -2.21. The number of rotatable bonds is 8. The molecule has 2 heterocycles. The van der Waals surface area contributed by atoms with Gasteiger partial charge in [0.25, 0.3) is 5.56 Å². The maximum absolute atomic E-state index is 14.0. The van der Waals surface area contributed by atoms with Crippen LogP contribution < -0.4 is 15.0 Å². The summed E-state index contributed by atoms with van der Waals surface area (Å²) in [5.74, 6) is 2.13. The number of thioether (sulfide) groups is 1. The third kappa shape index (κ3) is 4.90. The van der Waals surface area contributed by atoms with Crippen LogP contribution in [0, 0.1) is 13.8 Å². The van der Waals surface area contributed by atoms with E-state index in [-0.39, 0.29) is 5.56 Å². The molecular formula is C29H26N2O3S2. The highest BCUT2D eigenvalue weighted by molar-refractivity contribution is 7.99. The van der Waals surface area contributed by atoms with Crippen molar-refractivity contribution in [3.8, 4) is 28.3 Å². The molecule has 0 atom stereocenters. The molecule has 0 fully saturated rings. The predicted molar refractivity (Wildman–Crippen MR) is 149 cm³/mol. The highest BCUT2D eigenvalue weighted by Gasteiger charge is 2.19. The summed E-state index contributed by atoms with van der Waals surface area (Å²) >= 11 is 3.02. The molecule has 0 bridgehead atoms. The van der Waals surface area contributed by atoms with E-state index in [1.54, 1.807) is 11.7 Å². The number of para-hydroxylation sites is 1. The van der Waals surface area contributed by atoms with Gasteiger partial charge in [0.15, 0.2) is 5.16 Å². The number of nitrogens with zero attached hydrogens (tertiary/aromatic N) is 2. The molecule has 5 rings (SSSR count). The molecule has 5 aromatic rings. The Balaban J connectivity index is 1.49. The predicted octanol–water partition coefficient (Wildman–Crippen LogP) is 6.91. The summed E-state index contributed by atoms with van der Waals surface area (Å²) in [6.07, 6.45) is 0. The minimum absolute atomic E-state index is 0.0584. The van der Waals surface area contributed by atoms with E-state index in [1.807, 2.05) is 60.0 Å². The van der Waals surface area contributed by atoms with Gasteiger partial charge in [0, 0.05) is 22.8 Å². The maximum atomic E-state index is 14.0. The number of ether oxygens (including phenoxy) is 2. The van der Waals surface area contributed by atoms with Crippen molar-refractivity contribution in [1.29, 1.82) is 0 Å². The first-order chi connectivity index (χ1) is 17.5. The van der Waals surface area contributed by atoms with Gasteiger partial charge in [-0.1, -0.05) is 54.2 Å². The molecule has 5 nitrogen and oxygen atoms in total. The van der Waals surface area contributed by atoms with Gasteiger partial charge in [-0.3, -0.25) is 9.36 Å². The summed E-state index contributed by atoms with van der Waals surface area (Å²) < 4.78 is 12.9. The molecule has 0 unspecified atom stereocenters. The molecule has 3 aromatic carbocycles. The molecule has 0 aliphatic carbocycles. The third-order valence-electron chi connectivity index (χ3n) is 6.03. The van der Waals surface area contributed by atoms with E-state index in [9.17, 15) is 4.79 Å². The quantitative estimate of drug-likeness (QED) is 0.128. The van der Waals surface area contributed by atoms with Crippen molar-refractivity contribution in [2.75, 3.05) is 19.5 Å². The number of benzene rings is 3. The zero-order chi connectivity index (χ0) is 25.1. The van der Waals surface area contributed by atoms with Crippen LogP contribution in [0.15, 0.2) is 88.1 Å². The second kappa shape index (κ2) is 10.6. The Hall–Kier alpha value is -3.55. The highest BCUT2D eigenvalue weighted by Crippen LogP contribution is 2.34. The lowest BCUT2D eigenvalue weighted by Gasteiger charge is -2.13. The number of thiophene rings is 1. The SMILES string of the molecule is COc1cccc(OCCSc2nc3scc(-c4ccc(C)c(C)c4)c3c(=O)n2-c2ccccc2)c1. The molecule has 36 heavy (non-hydrogen) atoms. The molecule has 0 saturated carbocycles. The Bertz CT molecular complexity index is 1580. The average Bonchev–Trinajstić information content (AvgIpc) is 3.33. The van der Waals surface area contributed by atoms with E-state index < -0.39 is 0 Å². The first-order valence-corrected chi connectivity index (χ1v) is 13.5. The number of hydrogen-bond acceptors (Lipinski definition) is 6. The highest BCUT2D eigenvalue weighted by atomic mass is 32.2. The minimum atomic E-state index is -0.0584. The molecule has 0 aliphatic heterocycles. The molecule has 0 aliphatic rings. The van der Waals surface area contributed by atoms with Gasteiger partial charge in [-0.2, -0.15) is 0 Å². The van der Waals surface area contributed by atoms with Gasteiger partial charge < -0.3 is 9.47 Å². The minimum Gasteiger partial charge on any atom is -0.497 e. The van der Waals surface area contributed by atoms with Gasteiger partial charge in [0.05, 0.1) is 24.8 Å².